The van der Waals surface area contributed by atoms with E-state index in [1.807, 2.05) is 18.2 Å². The Morgan fingerprint density at radius 3 is 2.45 bits per heavy atom. The summed E-state index contributed by atoms with van der Waals surface area (Å²) in [6.45, 7) is 5.00. The van der Waals surface area contributed by atoms with Crippen LogP contribution in [0.2, 0.25) is 5.02 Å². The summed E-state index contributed by atoms with van der Waals surface area (Å²) in [5, 5.41) is 4.36. The lowest BCUT2D eigenvalue weighted by Crippen LogP contribution is -2.49. The first kappa shape index (κ1) is 19.4. The molecule has 0 amide bonds. The molecule has 3 aromatic rings. The molecule has 158 valence electrons. The molecule has 1 spiro atoms. The number of hydrogen-bond donors (Lipinski definition) is 1. The van der Waals surface area contributed by atoms with Gasteiger partial charge in [0.15, 0.2) is 0 Å². The van der Waals surface area contributed by atoms with Gasteiger partial charge in [-0.15, -0.1) is 0 Å². The summed E-state index contributed by atoms with van der Waals surface area (Å²) in [6, 6.07) is 24.2. The number of nitrogens with one attached hydrogen (secondary N) is 1. The van der Waals surface area contributed by atoms with Crippen LogP contribution in [0.25, 0.3) is 11.1 Å². The smallest absolute Gasteiger partial charge is 0.0640 e. The van der Waals surface area contributed by atoms with Crippen LogP contribution in [0.3, 0.4) is 0 Å². The molecule has 0 aliphatic heterocycles. The molecule has 2 heteroatoms. The molecule has 1 nitrogen and oxygen atoms in total. The van der Waals surface area contributed by atoms with Gasteiger partial charge in [-0.05, 0) is 95.9 Å². The van der Waals surface area contributed by atoms with Crippen molar-refractivity contribution < 1.29 is 0 Å². The predicted octanol–water partition coefficient (Wildman–Crippen LogP) is 8.44. The molecule has 2 fully saturated rings. The molecule has 0 heterocycles. The van der Waals surface area contributed by atoms with Crippen molar-refractivity contribution in [3.05, 3.63) is 82.9 Å². The Labute approximate surface area is 190 Å². The van der Waals surface area contributed by atoms with Gasteiger partial charge in [-0.25, -0.2) is 0 Å². The minimum atomic E-state index is 0.134. The second-order valence-corrected chi connectivity index (χ2v) is 10.7. The highest BCUT2D eigenvalue weighted by Gasteiger charge is 2.56. The summed E-state index contributed by atoms with van der Waals surface area (Å²) in [5.41, 5.74) is 8.23. The van der Waals surface area contributed by atoms with Crippen LogP contribution in [0.5, 0.6) is 0 Å². The Morgan fingerprint density at radius 1 is 0.806 bits per heavy atom. The number of hydrogen-bond acceptors (Lipinski definition) is 1. The van der Waals surface area contributed by atoms with E-state index in [1.54, 1.807) is 5.56 Å². The molecule has 3 aliphatic rings. The van der Waals surface area contributed by atoms with Gasteiger partial charge in [-0.2, -0.15) is 0 Å². The molecule has 0 aromatic heterocycles. The Kier molecular flexibility index (Phi) is 4.47. The van der Waals surface area contributed by atoms with Crippen LogP contribution in [0, 0.1) is 23.7 Å². The van der Waals surface area contributed by atoms with Gasteiger partial charge >= 0.3 is 0 Å². The summed E-state index contributed by atoms with van der Waals surface area (Å²) in [7, 11) is 0. The summed E-state index contributed by atoms with van der Waals surface area (Å²) >= 11 is 6.45. The van der Waals surface area contributed by atoms with Gasteiger partial charge < -0.3 is 5.32 Å². The van der Waals surface area contributed by atoms with Gasteiger partial charge in [-0.3, -0.25) is 0 Å². The molecular weight excluding hydrogens is 398 g/mol. The molecule has 3 aliphatic carbocycles. The minimum absolute atomic E-state index is 0.134. The molecule has 0 radical (unpaired) electrons. The Bertz CT molecular complexity index is 1150. The average Bonchev–Trinajstić information content (AvgIpc) is 3.05. The van der Waals surface area contributed by atoms with E-state index in [0.29, 0.717) is 5.92 Å². The lowest BCUT2D eigenvalue weighted by molar-refractivity contribution is 0.0426. The third-order valence-electron chi connectivity index (χ3n) is 8.43. The van der Waals surface area contributed by atoms with Gasteiger partial charge in [-0.1, -0.05) is 67.9 Å². The zero-order valence-corrected chi connectivity index (χ0v) is 19.1. The van der Waals surface area contributed by atoms with E-state index in [9.17, 15) is 0 Å². The van der Waals surface area contributed by atoms with Crippen molar-refractivity contribution in [2.45, 2.75) is 44.9 Å². The molecule has 3 aromatic carbocycles. The Morgan fingerprint density at radius 2 is 1.58 bits per heavy atom. The van der Waals surface area contributed by atoms with E-state index >= 15 is 0 Å². The van der Waals surface area contributed by atoms with Crippen molar-refractivity contribution in [3.63, 3.8) is 0 Å². The van der Waals surface area contributed by atoms with Crippen molar-refractivity contribution >= 4 is 23.0 Å². The Balaban J connectivity index is 1.53. The molecule has 1 N–H and O–H groups in total. The molecule has 2 saturated carbocycles. The van der Waals surface area contributed by atoms with Gasteiger partial charge in [0.05, 0.1) is 10.7 Å². The molecular formula is C29H30ClN. The second-order valence-electron chi connectivity index (χ2n) is 10.3. The number of fused-ring (bicyclic) bond motifs is 8. The number of anilines is 2. The maximum atomic E-state index is 6.45. The van der Waals surface area contributed by atoms with Crippen molar-refractivity contribution in [3.8, 4) is 11.1 Å². The van der Waals surface area contributed by atoms with Gasteiger partial charge in [0.2, 0.25) is 0 Å². The van der Waals surface area contributed by atoms with Gasteiger partial charge in [0.1, 0.15) is 0 Å². The highest BCUT2D eigenvalue weighted by atomic mass is 35.5. The van der Waals surface area contributed by atoms with E-state index in [2.05, 4.69) is 67.7 Å². The predicted molar refractivity (Wildman–Crippen MR) is 131 cm³/mol. The third kappa shape index (κ3) is 2.82. The highest BCUT2D eigenvalue weighted by Crippen LogP contribution is 2.64. The third-order valence-corrected chi connectivity index (χ3v) is 8.76. The van der Waals surface area contributed by atoms with Crippen LogP contribution in [-0.2, 0) is 5.41 Å². The lowest BCUT2D eigenvalue weighted by Gasteiger charge is -2.54. The quantitative estimate of drug-likeness (QED) is 0.432. The first-order valence-corrected chi connectivity index (χ1v) is 12.2. The second kappa shape index (κ2) is 7.14. The van der Waals surface area contributed by atoms with E-state index in [1.165, 1.54) is 42.4 Å². The molecule has 5 unspecified atom stereocenters. The fourth-order valence-electron chi connectivity index (χ4n) is 7.51. The summed E-state index contributed by atoms with van der Waals surface area (Å²) < 4.78 is 0. The average molecular weight is 428 g/mol. The van der Waals surface area contributed by atoms with E-state index in [-0.39, 0.29) is 5.41 Å². The van der Waals surface area contributed by atoms with Gasteiger partial charge in [0, 0.05) is 11.1 Å². The largest absolute Gasteiger partial charge is 0.354 e. The summed E-state index contributed by atoms with van der Waals surface area (Å²) in [5.74, 6) is 3.11. The monoisotopic (exact) mass is 427 g/mol. The van der Waals surface area contributed by atoms with E-state index in [4.69, 9.17) is 11.6 Å². The van der Waals surface area contributed by atoms with Crippen molar-refractivity contribution in [1.29, 1.82) is 0 Å². The highest BCUT2D eigenvalue weighted by molar-refractivity contribution is 6.33. The normalized spacial score (nSPS) is 30.7. The van der Waals surface area contributed by atoms with Crippen molar-refractivity contribution in [1.82, 2.24) is 0 Å². The van der Waals surface area contributed by atoms with Crippen LogP contribution < -0.4 is 5.32 Å². The fraction of sp³-hybridized carbons (Fsp3) is 0.379. The topological polar surface area (TPSA) is 12.0 Å². The van der Waals surface area contributed by atoms with Crippen molar-refractivity contribution in [2.24, 2.45) is 23.7 Å². The molecule has 2 bridgehead atoms. The maximum absolute atomic E-state index is 6.45. The number of benzene rings is 3. The van der Waals surface area contributed by atoms with E-state index < -0.39 is 0 Å². The zero-order valence-electron chi connectivity index (χ0n) is 18.4. The van der Waals surface area contributed by atoms with Crippen molar-refractivity contribution in [2.75, 3.05) is 5.32 Å². The molecule has 0 saturated heterocycles. The number of halogens is 1. The zero-order chi connectivity index (χ0) is 21.2. The fourth-order valence-corrected chi connectivity index (χ4v) is 7.69. The SMILES string of the molecule is CC1CC2CC(C)C3(c4ccccc4-c4ccc(Nc5ccccc5Cl)cc43)C(C1)C2. The first-order chi connectivity index (χ1) is 15.1. The standard InChI is InChI=1S/C29H30ClN/c1-18-13-20-15-19(2)29(21(14-18)16-20)25-8-4-3-7-23(25)24-12-11-22(17-26(24)29)31-28-10-6-5-9-27(28)30/h3-12,17-21,31H,13-16H2,1-2H3. The molecule has 6 rings (SSSR count). The Hall–Kier alpha value is -2.25. The van der Waals surface area contributed by atoms with Crippen LogP contribution in [0.1, 0.15) is 50.7 Å². The van der Waals surface area contributed by atoms with Crippen LogP contribution in [-0.4, -0.2) is 0 Å². The number of para-hydroxylation sites is 1. The molecule has 31 heavy (non-hydrogen) atoms. The van der Waals surface area contributed by atoms with E-state index in [0.717, 1.165) is 34.2 Å². The van der Waals surface area contributed by atoms with Crippen LogP contribution in [0.15, 0.2) is 66.7 Å². The van der Waals surface area contributed by atoms with Crippen LogP contribution in [0.4, 0.5) is 11.4 Å². The lowest BCUT2D eigenvalue weighted by atomic mass is 9.49. The van der Waals surface area contributed by atoms with Gasteiger partial charge in [0.25, 0.3) is 0 Å². The molecule has 5 atom stereocenters. The maximum Gasteiger partial charge on any atom is 0.0640 e. The summed E-state index contributed by atoms with van der Waals surface area (Å²) in [6.07, 6.45) is 5.48. The number of rotatable bonds is 2. The first-order valence-electron chi connectivity index (χ1n) is 11.8. The van der Waals surface area contributed by atoms with Crippen LogP contribution >= 0.6 is 11.6 Å². The minimum Gasteiger partial charge on any atom is -0.354 e. The summed E-state index contributed by atoms with van der Waals surface area (Å²) in [4.78, 5) is 0.